The highest BCUT2D eigenvalue weighted by Crippen LogP contribution is 2.02. The van der Waals surface area contributed by atoms with E-state index < -0.39 is 12.2 Å². The summed E-state index contributed by atoms with van der Waals surface area (Å²) >= 11 is 0. The molecular weight excluding hydrogens is 160 g/mol. The maximum atomic E-state index is 10.5. The van der Waals surface area contributed by atoms with Gasteiger partial charge in [-0.3, -0.25) is 0 Å². The van der Waals surface area contributed by atoms with Crippen molar-refractivity contribution in [1.82, 2.24) is 10.2 Å². The SMILES string of the molecule is C[C@H](O)C1CN(C(=O)O)CCN1. The summed E-state index contributed by atoms with van der Waals surface area (Å²) in [6.07, 6.45) is -1.42. The Morgan fingerprint density at radius 2 is 2.42 bits per heavy atom. The Labute approximate surface area is 71.0 Å². The molecule has 0 radical (unpaired) electrons. The number of nitrogens with one attached hydrogen (secondary N) is 1. The van der Waals surface area contributed by atoms with E-state index >= 15 is 0 Å². The minimum atomic E-state index is -0.915. The summed E-state index contributed by atoms with van der Waals surface area (Å²) in [5.74, 6) is 0. The maximum Gasteiger partial charge on any atom is 0.407 e. The Kier molecular flexibility index (Phi) is 2.88. The minimum Gasteiger partial charge on any atom is -0.465 e. The van der Waals surface area contributed by atoms with Crippen molar-refractivity contribution < 1.29 is 15.0 Å². The van der Waals surface area contributed by atoms with Crippen LogP contribution < -0.4 is 5.32 Å². The van der Waals surface area contributed by atoms with Gasteiger partial charge in [0.15, 0.2) is 0 Å². The highest BCUT2D eigenvalue weighted by atomic mass is 16.4. The van der Waals surface area contributed by atoms with Crippen LogP contribution >= 0.6 is 0 Å². The molecule has 0 bridgehead atoms. The number of piperazine rings is 1. The predicted octanol–water partition coefficient (Wildman–Crippen LogP) is -0.681. The average molecular weight is 174 g/mol. The van der Waals surface area contributed by atoms with Crippen LogP contribution in [0, 0.1) is 0 Å². The zero-order chi connectivity index (χ0) is 9.14. The number of amides is 1. The van der Waals surface area contributed by atoms with E-state index in [2.05, 4.69) is 5.32 Å². The molecule has 1 amide bonds. The molecule has 1 rings (SSSR count). The molecular formula is C7H14N2O3. The lowest BCUT2D eigenvalue weighted by Crippen LogP contribution is -2.56. The molecule has 3 N–H and O–H groups in total. The summed E-state index contributed by atoms with van der Waals surface area (Å²) < 4.78 is 0. The van der Waals surface area contributed by atoms with Crippen molar-refractivity contribution in [3.63, 3.8) is 0 Å². The average Bonchev–Trinajstić information content (AvgIpc) is 2.04. The lowest BCUT2D eigenvalue weighted by Gasteiger charge is -2.33. The quantitative estimate of drug-likeness (QED) is 0.492. The summed E-state index contributed by atoms with van der Waals surface area (Å²) in [6, 6.07) is -0.130. The number of nitrogens with zero attached hydrogens (tertiary/aromatic N) is 1. The summed E-state index contributed by atoms with van der Waals surface area (Å²) in [5, 5.41) is 20.9. The summed E-state index contributed by atoms with van der Waals surface area (Å²) in [5.41, 5.74) is 0. The van der Waals surface area contributed by atoms with Crippen molar-refractivity contribution in [3.05, 3.63) is 0 Å². The lowest BCUT2D eigenvalue weighted by molar-refractivity contribution is 0.0844. The molecule has 1 saturated heterocycles. The predicted molar refractivity (Wildman–Crippen MR) is 43.1 cm³/mol. The fourth-order valence-electron chi connectivity index (χ4n) is 1.28. The van der Waals surface area contributed by atoms with Crippen molar-refractivity contribution in [2.24, 2.45) is 0 Å². The topological polar surface area (TPSA) is 72.8 Å². The van der Waals surface area contributed by atoms with Crippen LogP contribution in [-0.4, -0.2) is 53.0 Å². The second kappa shape index (κ2) is 3.73. The van der Waals surface area contributed by atoms with Crippen molar-refractivity contribution in [2.75, 3.05) is 19.6 Å². The van der Waals surface area contributed by atoms with Gasteiger partial charge < -0.3 is 20.4 Å². The molecule has 5 heteroatoms. The third kappa shape index (κ3) is 2.09. The first kappa shape index (κ1) is 9.28. The fourth-order valence-corrected chi connectivity index (χ4v) is 1.28. The van der Waals surface area contributed by atoms with Gasteiger partial charge in [0.05, 0.1) is 12.1 Å². The van der Waals surface area contributed by atoms with Gasteiger partial charge in [0.2, 0.25) is 0 Å². The minimum absolute atomic E-state index is 0.130. The van der Waals surface area contributed by atoms with Crippen LogP contribution in [0.4, 0.5) is 4.79 Å². The van der Waals surface area contributed by atoms with Crippen LogP contribution in [0.1, 0.15) is 6.92 Å². The lowest BCUT2D eigenvalue weighted by atomic mass is 10.1. The van der Waals surface area contributed by atoms with E-state index in [9.17, 15) is 9.90 Å². The van der Waals surface area contributed by atoms with Gasteiger partial charge in [-0.05, 0) is 6.92 Å². The van der Waals surface area contributed by atoms with Crippen molar-refractivity contribution >= 4 is 6.09 Å². The fraction of sp³-hybridized carbons (Fsp3) is 0.857. The molecule has 5 nitrogen and oxygen atoms in total. The van der Waals surface area contributed by atoms with Gasteiger partial charge in [-0.2, -0.15) is 0 Å². The van der Waals surface area contributed by atoms with Crippen molar-refractivity contribution in [1.29, 1.82) is 0 Å². The molecule has 1 heterocycles. The first-order chi connectivity index (χ1) is 5.61. The molecule has 0 spiro atoms. The third-order valence-electron chi connectivity index (χ3n) is 2.06. The first-order valence-electron chi connectivity index (χ1n) is 4.00. The number of aliphatic hydroxyl groups excluding tert-OH is 1. The van der Waals surface area contributed by atoms with Gasteiger partial charge in [-0.25, -0.2) is 4.79 Å². The molecule has 2 atom stereocenters. The largest absolute Gasteiger partial charge is 0.465 e. The standard InChI is InChI=1S/C7H14N2O3/c1-5(10)6-4-9(7(11)12)3-2-8-6/h5-6,8,10H,2-4H2,1H3,(H,11,12)/t5-,6?/m0/s1. The van der Waals surface area contributed by atoms with Crippen LogP contribution in [0.3, 0.4) is 0 Å². The number of carboxylic acid groups (broad SMARTS) is 1. The van der Waals surface area contributed by atoms with Gasteiger partial charge >= 0.3 is 6.09 Å². The van der Waals surface area contributed by atoms with Gasteiger partial charge in [-0.15, -0.1) is 0 Å². The Morgan fingerprint density at radius 3 is 2.92 bits per heavy atom. The van der Waals surface area contributed by atoms with Crippen LogP contribution in [-0.2, 0) is 0 Å². The maximum absolute atomic E-state index is 10.5. The first-order valence-corrected chi connectivity index (χ1v) is 4.00. The zero-order valence-corrected chi connectivity index (χ0v) is 7.03. The van der Waals surface area contributed by atoms with Crippen LogP contribution in [0.25, 0.3) is 0 Å². The van der Waals surface area contributed by atoms with Gasteiger partial charge in [0.1, 0.15) is 0 Å². The van der Waals surface area contributed by atoms with Crippen molar-refractivity contribution in [2.45, 2.75) is 19.1 Å². The third-order valence-corrected chi connectivity index (χ3v) is 2.06. The number of hydrogen-bond acceptors (Lipinski definition) is 3. The molecule has 12 heavy (non-hydrogen) atoms. The van der Waals surface area contributed by atoms with E-state index in [-0.39, 0.29) is 6.04 Å². The second-order valence-electron chi connectivity index (χ2n) is 3.03. The summed E-state index contributed by atoms with van der Waals surface area (Å²) in [6.45, 7) is 3.14. The molecule has 1 aliphatic rings. The molecule has 1 unspecified atom stereocenters. The van der Waals surface area contributed by atoms with Gasteiger partial charge in [-0.1, -0.05) is 0 Å². The summed E-state index contributed by atoms with van der Waals surface area (Å²) in [4.78, 5) is 11.9. The van der Waals surface area contributed by atoms with Crippen LogP contribution in [0.5, 0.6) is 0 Å². The number of aliphatic hydroxyl groups is 1. The number of rotatable bonds is 1. The second-order valence-corrected chi connectivity index (χ2v) is 3.03. The Bertz CT molecular complexity index is 172. The molecule has 0 saturated carbocycles. The molecule has 0 aromatic carbocycles. The molecule has 70 valence electrons. The van der Waals surface area contributed by atoms with Crippen LogP contribution in [0.15, 0.2) is 0 Å². The van der Waals surface area contributed by atoms with E-state index in [4.69, 9.17) is 5.11 Å². The molecule has 1 aliphatic heterocycles. The molecule has 0 aromatic rings. The normalized spacial score (nSPS) is 26.8. The van der Waals surface area contributed by atoms with E-state index in [1.807, 2.05) is 0 Å². The van der Waals surface area contributed by atoms with Gasteiger partial charge in [0, 0.05) is 19.6 Å². The Hall–Kier alpha value is -0.810. The molecule has 0 aliphatic carbocycles. The van der Waals surface area contributed by atoms with E-state index in [1.54, 1.807) is 6.92 Å². The highest BCUT2D eigenvalue weighted by Gasteiger charge is 2.25. The number of hydrogen-bond donors (Lipinski definition) is 3. The Balaban J connectivity index is 2.46. The monoisotopic (exact) mass is 174 g/mol. The van der Waals surface area contributed by atoms with Crippen LogP contribution in [0.2, 0.25) is 0 Å². The zero-order valence-electron chi connectivity index (χ0n) is 7.03. The smallest absolute Gasteiger partial charge is 0.407 e. The summed E-state index contributed by atoms with van der Waals surface area (Å²) in [7, 11) is 0. The van der Waals surface area contributed by atoms with E-state index in [1.165, 1.54) is 4.90 Å². The van der Waals surface area contributed by atoms with E-state index in [0.29, 0.717) is 19.6 Å². The molecule has 0 aromatic heterocycles. The number of carbonyl (C=O) groups is 1. The molecule has 1 fully saturated rings. The van der Waals surface area contributed by atoms with Crippen molar-refractivity contribution in [3.8, 4) is 0 Å². The van der Waals surface area contributed by atoms with E-state index in [0.717, 1.165) is 0 Å². The van der Waals surface area contributed by atoms with Gasteiger partial charge in [0.25, 0.3) is 0 Å². The highest BCUT2D eigenvalue weighted by molar-refractivity contribution is 5.65. The Morgan fingerprint density at radius 1 is 1.75 bits per heavy atom.